The van der Waals surface area contributed by atoms with Crippen LogP contribution in [-0.4, -0.2) is 23.4 Å². The van der Waals surface area contributed by atoms with Crippen molar-refractivity contribution < 1.29 is 0 Å². The molecule has 3 heteroatoms. The van der Waals surface area contributed by atoms with Crippen molar-refractivity contribution in [2.75, 3.05) is 6.54 Å². The van der Waals surface area contributed by atoms with Crippen molar-refractivity contribution in [2.45, 2.75) is 45.1 Å². The summed E-state index contributed by atoms with van der Waals surface area (Å²) >= 11 is 0. The van der Waals surface area contributed by atoms with Gasteiger partial charge in [-0.2, -0.15) is 0 Å². The summed E-state index contributed by atoms with van der Waals surface area (Å²) in [5, 5.41) is 7.40. The molecule has 0 aromatic heterocycles. The molecule has 0 unspecified atom stereocenters. The third-order valence-electron chi connectivity index (χ3n) is 2.56. The number of rotatable bonds is 2. The average Bonchev–Trinajstić information content (AvgIpc) is 2.05. The molecule has 0 aliphatic carbocycles. The largest absolute Gasteiger partial charge is 0.370 e. The van der Waals surface area contributed by atoms with Crippen LogP contribution in [0, 0.1) is 5.41 Å². The third kappa shape index (κ3) is 2.13. The van der Waals surface area contributed by atoms with Crippen molar-refractivity contribution in [1.82, 2.24) is 4.90 Å². The van der Waals surface area contributed by atoms with Gasteiger partial charge in [0.2, 0.25) is 0 Å². The molecule has 0 saturated carbocycles. The van der Waals surface area contributed by atoms with Crippen LogP contribution in [0.5, 0.6) is 0 Å². The van der Waals surface area contributed by atoms with Crippen LogP contribution in [0.15, 0.2) is 0 Å². The third-order valence-corrected chi connectivity index (χ3v) is 2.56. The smallest absolute Gasteiger partial charge is 0.188 e. The molecule has 0 spiro atoms. The number of nitrogens with one attached hydrogen (secondary N) is 1. The van der Waals surface area contributed by atoms with Gasteiger partial charge < -0.3 is 10.6 Å². The molecule has 1 aliphatic rings. The SMILES string of the molecule is CCC[C@H]1CCCCN1C(=N)N. The summed E-state index contributed by atoms with van der Waals surface area (Å²) in [6, 6.07) is 0.543. The maximum atomic E-state index is 7.40. The molecule has 1 heterocycles. The first-order valence-electron chi connectivity index (χ1n) is 4.86. The highest BCUT2D eigenvalue weighted by atomic mass is 15.3. The van der Waals surface area contributed by atoms with Crippen LogP contribution in [0.25, 0.3) is 0 Å². The Balaban J connectivity index is 2.48. The van der Waals surface area contributed by atoms with E-state index in [0.29, 0.717) is 6.04 Å². The van der Waals surface area contributed by atoms with Crippen molar-refractivity contribution in [3.63, 3.8) is 0 Å². The zero-order chi connectivity index (χ0) is 8.97. The Morgan fingerprint density at radius 2 is 2.33 bits per heavy atom. The molecule has 0 radical (unpaired) electrons. The van der Waals surface area contributed by atoms with E-state index in [1.807, 2.05) is 4.90 Å². The number of likely N-dealkylation sites (tertiary alicyclic amines) is 1. The zero-order valence-electron chi connectivity index (χ0n) is 7.84. The first-order chi connectivity index (χ1) is 5.75. The molecule has 3 nitrogen and oxygen atoms in total. The lowest BCUT2D eigenvalue weighted by atomic mass is 9.99. The van der Waals surface area contributed by atoms with Crippen molar-refractivity contribution >= 4 is 5.96 Å². The fourth-order valence-electron chi connectivity index (χ4n) is 1.95. The van der Waals surface area contributed by atoms with E-state index in [0.717, 1.165) is 6.54 Å². The summed E-state index contributed by atoms with van der Waals surface area (Å²) in [6.45, 7) is 3.17. The molecular formula is C9H19N3. The Bertz CT molecular complexity index is 154. The normalized spacial score (nSPS) is 24.1. The van der Waals surface area contributed by atoms with Gasteiger partial charge in [0.15, 0.2) is 5.96 Å². The molecule has 3 N–H and O–H groups in total. The minimum absolute atomic E-state index is 0.258. The van der Waals surface area contributed by atoms with Crippen LogP contribution in [0.4, 0.5) is 0 Å². The minimum atomic E-state index is 0.258. The fraction of sp³-hybridized carbons (Fsp3) is 0.889. The van der Waals surface area contributed by atoms with E-state index >= 15 is 0 Å². The molecule has 0 aromatic carbocycles. The van der Waals surface area contributed by atoms with Gasteiger partial charge in [-0.1, -0.05) is 13.3 Å². The van der Waals surface area contributed by atoms with E-state index in [4.69, 9.17) is 11.1 Å². The van der Waals surface area contributed by atoms with Gasteiger partial charge in [-0.25, -0.2) is 0 Å². The van der Waals surface area contributed by atoms with Crippen LogP contribution in [0.2, 0.25) is 0 Å². The van der Waals surface area contributed by atoms with Crippen LogP contribution >= 0.6 is 0 Å². The van der Waals surface area contributed by atoms with E-state index in [2.05, 4.69) is 6.92 Å². The molecule has 1 atom stereocenters. The van der Waals surface area contributed by atoms with Gasteiger partial charge in [-0.15, -0.1) is 0 Å². The Morgan fingerprint density at radius 1 is 1.58 bits per heavy atom. The number of hydrogen-bond acceptors (Lipinski definition) is 1. The Kier molecular flexibility index (Phi) is 3.38. The van der Waals surface area contributed by atoms with Crippen molar-refractivity contribution in [2.24, 2.45) is 5.73 Å². The van der Waals surface area contributed by atoms with E-state index < -0.39 is 0 Å². The highest BCUT2D eigenvalue weighted by Crippen LogP contribution is 2.19. The van der Waals surface area contributed by atoms with Crippen LogP contribution in [0.3, 0.4) is 0 Å². The number of nitrogens with two attached hydrogens (primary N) is 1. The summed E-state index contributed by atoms with van der Waals surface area (Å²) in [5.41, 5.74) is 5.50. The molecule has 1 aliphatic heterocycles. The summed E-state index contributed by atoms with van der Waals surface area (Å²) in [5.74, 6) is 0.258. The molecule has 1 fully saturated rings. The predicted octanol–water partition coefficient (Wildman–Crippen LogP) is 1.53. The fourth-order valence-corrected chi connectivity index (χ4v) is 1.95. The maximum absolute atomic E-state index is 7.40. The molecule has 1 saturated heterocycles. The Morgan fingerprint density at radius 3 is 2.92 bits per heavy atom. The standard InChI is InChI=1S/C9H19N3/c1-2-5-8-6-3-4-7-12(8)9(10)11/h8H,2-7H2,1H3,(H3,10,11)/t8-/m0/s1. The minimum Gasteiger partial charge on any atom is -0.370 e. The van der Waals surface area contributed by atoms with E-state index in [-0.39, 0.29) is 5.96 Å². The maximum Gasteiger partial charge on any atom is 0.188 e. The van der Waals surface area contributed by atoms with E-state index in [1.165, 1.54) is 32.1 Å². The molecule has 70 valence electrons. The second-order valence-electron chi connectivity index (χ2n) is 3.52. The first-order valence-corrected chi connectivity index (χ1v) is 4.86. The lowest BCUT2D eigenvalue weighted by molar-refractivity contribution is 0.225. The lowest BCUT2D eigenvalue weighted by Crippen LogP contribution is -2.46. The number of piperidine rings is 1. The second kappa shape index (κ2) is 4.33. The molecule has 12 heavy (non-hydrogen) atoms. The van der Waals surface area contributed by atoms with Gasteiger partial charge in [-0.05, 0) is 25.7 Å². The predicted molar refractivity (Wildman–Crippen MR) is 51.2 cm³/mol. The Labute approximate surface area is 74.4 Å². The van der Waals surface area contributed by atoms with Crippen LogP contribution < -0.4 is 5.73 Å². The summed E-state index contributed by atoms with van der Waals surface area (Å²) in [4.78, 5) is 2.05. The number of hydrogen-bond donors (Lipinski definition) is 2. The summed E-state index contributed by atoms with van der Waals surface area (Å²) < 4.78 is 0. The van der Waals surface area contributed by atoms with Crippen LogP contribution in [-0.2, 0) is 0 Å². The van der Waals surface area contributed by atoms with Gasteiger partial charge >= 0.3 is 0 Å². The van der Waals surface area contributed by atoms with Gasteiger partial charge in [0.25, 0.3) is 0 Å². The average molecular weight is 169 g/mol. The molecule has 0 bridgehead atoms. The van der Waals surface area contributed by atoms with Gasteiger partial charge in [0.1, 0.15) is 0 Å². The van der Waals surface area contributed by atoms with Crippen LogP contribution in [0.1, 0.15) is 39.0 Å². The topological polar surface area (TPSA) is 53.1 Å². The molecular weight excluding hydrogens is 150 g/mol. The van der Waals surface area contributed by atoms with Gasteiger partial charge in [0, 0.05) is 12.6 Å². The first kappa shape index (κ1) is 9.36. The second-order valence-corrected chi connectivity index (χ2v) is 3.52. The quantitative estimate of drug-likeness (QED) is 0.486. The molecule has 0 aromatic rings. The van der Waals surface area contributed by atoms with Gasteiger partial charge in [-0.3, -0.25) is 5.41 Å². The lowest BCUT2D eigenvalue weighted by Gasteiger charge is -2.35. The monoisotopic (exact) mass is 169 g/mol. The number of guanidine groups is 1. The van der Waals surface area contributed by atoms with E-state index in [9.17, 15) is 0 Å². The molecule has 1 rings (SSSR count). The summed E-state index contributed by atoms with van der Waals surface area (Å²) in [6.07, 6.45) is 6.08. The van der Waals surface area contributed by atoms with E-state index in [1.54, 1.807) is 0 Å². The highest BCUT2D eigenvalue weighted by molar-refractivity contribution is 5.75. The van der Waals surface area contributed by atoms with Crippen molar-refractivity contribution in [3.8, 4) is 0 Å². The highest BCUT2D eigenvalue weighted by Gasteiger charge is 2.21. The Hall–Kier alpha value is -0.730. The zero-order valence-corrected chi connectivity index (χ0v) is 7.84. The number of nitrogens with zero attached hydrogens (tertiary/aromatic N) is 1. The van der Waals surface area contributed by atoms with Crippen molar-refractivity contribution in [1.29, 1.82) is 5.41 Å². The molecule has 0 amide bonds. The van der Waals surface area contributed by atoms with Crippen molar-refractivity contribution in [3.05, 3.63) is 0 Å². The van der Waals surface area contributed by atoms with Gasteiger partial charge in [0.05, 0.1) is 0 Å². The summed E-state index contributed by atoms with van der Waals surface area (Å²) in [7, 11) is 0.